The molecule has 3 aromatic rings. The maximum Gasteiger partial charge on any atom is 0.277 e. The molecule has 0 fully saturated rings. The van der Waals surface area contributed by atoms with E-state index < -0.39 is 0 Å². The number of hydrogen-bond donors (Lipinski definition) is 1. The number of amides is 2. The average molecular weight is 396 g/mol. The zero-order valence-corrected chi connectivity index (χ0v) is 16.6. The number of hydrogen-bond acceptors (Lipinski definition) is 6. The van der Waals surface area contributed by atoms with Gasteiger partial charge in [0, 0.05) is 30.9 Å². The summed E-state index contributed by atoms with van der Waals surface area (Å²) in [7, 11) is 3.38. The molecule has 1 aromatic heterocycles. The van der Waals surface area contributed by atoms with Gasteiger partial charge in [-0.2, -0.15) is 0 Å². The van der Waals surface area contributed by atoms with Gasteiger partial charge >= 0.3 is 0 Å². The van der Waals surface area contributed by atoms with Gasteiger partial charge in [0.1, 0.15) is 0 Å². The monoisotopic (exact) mass is 396 g/mol. The van der Waals surface area contributed by atoms with Crippen LogP contribution in [0.5, 0.6) is 0 Å². The lowest BCUT2D eigenvalue weighted by molar-refractivity contribution is -0.113. The Balaban J connectivity index is 1.53. The molecular formula is C20H20N4O3S. The van der Waals surface area contributed by atoms with Gasteiger partial charge in [-0.1, -0.05) is 29.5 Å². The number of thioether (sulfide) groups is 1. The van der Waals surface area contributed by atoms with Crippen molar-refractivity contribution in [2.24, 2.45) is 0 Å². The van der Waals surface area contributed by atoms with E-state index in [9.17, 15) is 9.59 Å². The van der Waals surface area contributed by atoms with Gasteiger partial charge in [-0.25, -0.2) is 0 Å². The van der Waals surface area contributed by atoms with Crippen LogP contribution in [0.15, 0.2) is 58.2 Å². The van der Waals surface area contributed by atoms with E-state index in [-0.39, 0.29) is 17.6 Å². The van der Waals surface area contributed by atoms with Gasteiger partial charge < -0.3 is 14.6 Å². The molecule has 0 unspecified atom stereocenters. The lowest BCUT2D eigenvalue weighted by atomic mass is 10.1. The second-order valence-corrected chi connectivity index (χ2v) is 7.28. The number of aryl methyl sites for hydroxylation is 1. The zero-order valence-electron chi connectivity index (χ0n) is 15.8. The molecule has 0 bridgehead atoms. The summed E-state index contributed by atoms with van der Waals surface area (Å²) in [5.41, 5.74) is 3.16. The number of rotatable bonds is 6. The third-order valence-corrected chi connectivity index (χ3v) is 4.67. The van der Waals surface area contributed by atoms with E-state index in [4.69, 9.17) is 4.42 Å². The molecule has 0 aliphatic heterocycles. The van der Waals surface area contributed by atoms with Crippen molar-refractivity contribution in [1.82, 2.24) is 15.1 Å². The first-order chi connectivity index (χ1) is 13.4. The lowest BCUT2D eigenvalue weighted by Crippen LogP contribution is -2.21. The SMILES string of the molecule is Cc1ccc(-c2nnc(SCC(=O)Nc3ccc(C(=O)N(C)C)cc3)o2)cc1. The maximum absolute atomic E-state index is 12.1. The van der Waals surface area contributed by atoms with Gasteiger partial charge in [-0.15, -0.1) is 10.2 Å². The van der Waals surface area contributed by atoms with Gasteiger partial charge in [0.2, 0.25) is 11.8 Å². The van der Waals surface area contributed by atoms with Crippen LogP contribution in [-0.2, 0) is 4.79 Å². The van der Waals surface area contributed by atoms with E-state index in [1.807, 2.05) is 31.2 Å². The van der Waals surface area contributed by atoms with Gasteiger partial charge in [0.25, 0.3) is 11.1 Å². The first kappa shape index (κ1) is 19.6. The van der Waals surface area contributed by atoms with E-state index in [0.717, 1.165) is 11.1 Å². The predicted molar refractivity (Wildman–Crippen MR) is 108 cm³/mol. The van der Waals surface area contributed by atoms with Gasteiger partial charge in [-0.05, 0) is 43.3 Å². The normalized spacial score (nSPS) is 10.5. The molecule has 28 heavy (non-hydrogen) atoms. The van der Waals surface area contributed by atoms with E-state index in [0.29, 0.717) is 22.4 Å². The third kappa shape index (κ3) is 4.98. The van der Waals surface area contributed by atoms with E-state index >= 15 is 0 Å². The Morgan fingerprint density at radius 1 is 1.04 bits per heavy atom. The molecule has 0 spiro atoms. The van der Waals surface area contributed by atoms with Crippen LogP contribution >= 0.6 is 11.8 Å². The summed E-state index contributed by atoms with van der Waals surface area (Å²) in [6.45, 7) is 2.01. The number of aromatic nitrogens is 2. The Morgan fingerprint density at radius 3 is 2.36 bits per heavy atom. The molecule has 3 rings (SSSR count). The van der Waals surface area contributed by atoms with Gasteiger partial charge in [0.15, 0.2) is 0 Å². The minimum atomic E-state index is -0.202. The van der Waals surface area contributed by atoms with Crippen LogP contribution in [0.1, 0.15) is 15.9 Å². The summed E-state index contributed by atoms with van der Waals surface area (Å²) < 4.78 is 5.59. The minimum Gasteiger partial charge on any atom is -0.411 e. The number of nitrogens with zero attached hydrogens (tertiary/aromatic N) is 3. The Labute approximate surface area is 167 Å². The highest BCUT2D eigenvalue weighted by molar-refractivity contribution is 7.99. The van der Waals surface area contributed by atoms with Crippen LogP contribution in [0.3, 0.4) is 0 Å². The van der Waals surface area contributed by atoms with Crippen molar-refractivity contribution < 1.29 is 14.0 Å². The quantitative estimate of drug-likeness (QED) is 0.642. The molecular weight excluding hydrogens is 376 g/mol. The molecule has 0 saturated heterocycles. The molecule has 0 aliphatic carbocycles. The lowest BCUT2D eigenvalue weighted by Gasteiger charge is -2.10. The number of carbonyl (C=O) groups excluding carboxylic acids is 2. The molecule has 8 heteroatoms. The molecule has 1 heterocycles. The molecule has 144 valence electrons. The highest BCUT2D eigenvalue weighted by Crippen LogP contribution is 2.23. The van der Waals surface area contributed by atoms with Crippen LogP contribution in [0.4, 0.5) is 5.69 Å². The van der Waals surface area contributed by atoms with Crippen LogP contribution in [0, 0.1) is 6.92 Å². The van der Waals surface area contributed by atoms with Crippen molar-refractivity contribution >= 4 is 29.3 Å². The number of benzene rings is 2. The molecule has 1 N–H and O–H groups in total. The zero-order chi connectivity index (χ0) is 20.1. The van der Waals surface area contributed by atoms with Crippen LogP contribution in [0.2, 0.25) is 0 Å². The Morgan fingerprint density at radius 2 is 1.71 bits per heavy atom. The summed E-state index contributed by atoms with van der Waals surface area (Å²) in [4.78, 5) is 25.5. The Bertz CT molecular complexity index is 966. The van der Waals surface area contributed by atoms with E-state index in [1.165, 1.54) is 16.7 Å². The Kier molecular flexibility index (Phi) is 6.10. The summed E-state index contributed by atoms with van der Waals surface area (Å²) >= 11 is 1.17. The minimum absolute atomic E-state index is 0.0887. The largest absolute Gasteiger partial charge is 0.411 e. The van der Waals surface area contributed by atoms with Gasteiger partial charge in [-0.3, -0.25) is 9.59 Å². The average Bonchev–Trinajstić information content (AvgIpc) is 3.16. The van der Waals surface area contributed by atoms with E-state index in [2.05, 4.69) is 15.5 Å². The van der Waals surface area contributed by atoms with Crippen molar-refractivity contribution in [1.29, 1.82) is 0 Å². The number of anilines is 1. The van der Waals surface area contributed by atoms with Crippen molar-refractivity contribution in [2.75, 3.05) is 25.2 Å². The molecule has 2 aromatic carbocycles. The topological polar surface area (TPSA) is 88.3 Å². The molecule has 7 nitrogen and oxygen atoms in total. The summed E-state index contributed by atoms with van der Waals surface area (Å²) in [6, 6.07) is 14.5. The van der Waals surface area contributed by atoms with E-state index in [1.54, 1.807) is 38.4 Å². The highest BCUT2D eigenvalue weighted by Gasteiger charge is 2.12. The molecule has 0 saturated carbocycles. The van der Waals surface area contributed by atoms with Crippen LogP contribution < -0.4 is 5.32 Å². The van der Waals surface area contributed by atoms with Crippen molar-refractivity contribution in [3.63, 3.8) is 0 Å². The first-order valence-corrected chi connectivity index (χ1v) is 9.56. The second kappa shape index (κ2) is 8.71. The second-order valence-electron chi connectivity index (χ2n) is 6.35. The standard InChI is InChI=1S/C20H20N4O3S/c1-13-4-6-14(7-5-13)18-22-23-20(27-18)28-12-17(25)21-16-10-8-15(9-11-16)19(26)24(2)3/h4-11H,12H2,1-3H3,(H,21,25). The van der Waals surface area contributed by atoms with Crippen LogP contribution in [0.25, 0.3) is 11.5 Å². The number of carbonyl (C=O) groups is 2. The fourth-order valence-corrected chi connectivity index (χ4v) is 2.92. The molecule has 0 radical (unpaired) electrons. The highest BCUT2D eigenvalue weighted by atomic mass is 32.2. The predicted octanol–water partition coefficient (Wildman–Crippen LogP) is 3.48. The van der Waals surface area contributed by atoms with Crippen molar-refractivity contribution in [3.8, 4) is 11.5 Å². The summed E-state index contributed by atoms with van der Waals surface area (Å²) in [5.74, 6) is 0.263. The smallest absolute Gasteiger partial charge is 0.277 e. The molecule has 0 aliphatic rings. The Hall–Kier alpha value is -3.13. The van der Waals surface area contributed by atoms with Crippen molar-refractivity contribution in [3.05, 3.63) is 59.7 Å². The first-order valence-electron chi connectivity index (χ1n) is 8.57. The van der Waals surface area contributed by atoms with Crippen LogP contribution in [-0.4, -0.2) is 46.8 Å². The third-order valence-electron chi connectivity index (χ3n) is 3.85. The molecule has 2 amide bonds. The summed E-state index contributed by atoms with van der Waals surface area (Å²) in [6.07, 6.45) is 0. The number of nitrogens with one attached hydrogen (secondary N) is 1. The van der Waals surface area contributed by atoms with Crippen molar-refractivity contribution in [2.45, 2.75) is 12.1 Å². The summed E-state index contributed by atoms with van der Waals surface area (Å²) in [5, 5.41) is 11.1. The molecule has 0 atom stereocenters. The maximum atomic E-state index is 12.1. The van der Waals surface area contributed by atoms with Gasteiger partial charge in [0.05, 0.1) is 5.75 Å². The fourth-order valence-electron chi connectivity index (χ4n) is 2.36. The fraction of sp³-hybridized carbons (Fsp3) is 0.200.